The van der Waals surface area contributed by atoms with E-state index < -0.39 is 0 Å². The third kappa shape index (κ3) is 3.33. The molecule has 1 aromatic carbocycles. The van der Waals surface area contributed by atoms with Crippen LogP contribution in [0.1, 0.15) is 13.8 Å². The van der Waals surface area contributed by atoms with Crippen molar-refractivity contribution in [2.24, 2.45) is 5.92 Å². The molecule has 5 nitrogen and oxygen atoms in total. The summed E-state index contributed by atoms with van der Waals surface area (Å²) < 4.78 is 5.75. The molecule has 6 heteroatoms. The number of hydrogen-bond acceptors (Lipinski definition) is 5. The number of hydrogen-bond donors (Lipinski definition) is 1. The van der Waals surface area contributed by atoms with E-state index in [1.165, 1.54) is 6.33 Å². The molecule has 0 atom stereocenters. The first-order valence-corrected chi connectivity index (χ1v) is 7.59. The minimum atomic E-state index is 0.507. The average Bonchev–Trinajstić information content (AvgIpc) is 2.95. The van der Waals surface area contributed by atoms with Gasteiger partial charge in [0.2, 0.25) is 0 Å². The molecule has 2 heterocycles. The lowest BCUT2D eigenvalue weighted by molar-refractivity contribution is 0.270. The van der Waals surface area contributed by atoms with Crippen molar-refractivity contribution in [2.45, 2.75) is 23.8 Å². The summed E-state index contributed by atoms with van der Waals surface area (Å²) in [6.45, 7) is 4.98. The molecule has 0 spiro atoms. The highest BCUT2D eigenvalue weighted by molar-refractivity contribution is 7.99. The molecule has 0 unspecified atom stereocenters. The molecule has 2 aromatic heterocycles. The molecule has 1 N–H and O–H groups in total. The molecule has 0 saturated carbocycles. The van der Waals surface area contributed by atoms with Crippen LogP contribution >= 0.6 is 11.8 Å². The van der Waals surface area contributed by atoms with Gasteiger partial charge in [0.05, 0.1) is 12.9 Å². The summed E-state index contributed by atoms with van der Waals surface area (Å²) in [6.07, 6.45) is 3.16. The molecular formula is C15H16N4OS. The number of benzene rings is 1. The molecule has 0 saturated heterocycles. The Morgan fingerprint density at radius 2 is 2.14 bits per heavy atom. The van der Waals surface area contributed by atoms with Gasteiger partial charge in [-0.15, -0.1) is 0 Å². The maximum atomic E-state index is 5.75. The van der Waals surface area contributed by atoms with E-state index >= 15 is 0 Å². The summed E-state index contributed by atoms with van der Waals surface area (Å²) >= 11 is 1.57. The highest BCUT2D eigenvalue weighted by atomic mass is 32.2. The van der Waals surface area contributed by atoms with Gasteiger partial charge in [-0.3, -0.25) is 0 Å². The van der Waals surface area contributed by atoms with E-state index in [0.717, 1.165) is 21.2 Å². The Kier molecular flexibility index (Phi) is 4.06. The molecule has 0 fully saturated rings. The SMILES string of the molecule is CC(C)COc1cccc(Sc2ncnc3nc[nH]c23)c1. The van der Waals surface area contributed by atoms with Crippen LogP contribution in [0.2, 0.25) is 0 Å². The Morgan fingerprint density at radius 3 is 3.00 bits per heavy atom. The third-order valence-corrected chi connectivity index (χ3v) is 3.78. The number of nitrogens with zero attached hydrogens (tertiary/aromatic N) is 3. The van der Waals surface area contributed by atoms with Gasteiger partial charge in [0, 0.05) is 4.90 Å². The average molecular weight is 300 g/mol. The molecule has 21 heavy (non-hydrogen) atoms. The molecule has 3 aromatic rings. The first-order chi connectivity index (χ1) is 10.2. The van der Waals surface area contributed by atoms with E-state index in [9.17, 15) is 0 Å². The van der Waals surface area contributed by atoms with E-state index in [2.05, 4.69) is 33.8 Å². The van der Waals surface area contributed by atoms with E-state index in [-0.39, 0.29) is 0 Å². The van der Waals surface area contributed by atoms with E-state index in [1.807, 2.05) is 24.3 Å². The van der Waals surface area contributed by atoms with Crippen molar-refractivity contribution in [1.82, 2.24) is 19.9 Å². The number of H-pyrrole nitrogens is 1. The second kappa shape index (κ2) is 6.13. The zero-order chi connectivity index (χ0) is 14.7. The van der Waals surface area contributed by atoms with Crippen molar-refractivity contribution in [3.63, 3.8) is 0 Å². The van der Waals surface area contributed by atoms with Crippen LogP contribution in [0.15, 0.2) is 46.8 Å². The molecule has 3 rings (SSSR count). The number of aromatic nitrogens is 4. The van der Waals surface area contributed by atoms with Gasteiger partial charge >= 0.3 is 0 Å². The van der Waals surface area contributed by atoms with Crippen LogP contribution in [0.3, 0.4) is 0 Å². The topological polar surface area (TPSA) is 63.7 Å². The summed E-state index contributed by atoms with van der Waals surface area (Å²) in [5.41, 5.74) is 1.54. The third-order valence-electron chi connectivity index (χ3n) is 2.79. The number of imidazole rings is 1. The summed E-state index contributed by atoms with van der Waals surface area (Å²) in [4.78, 5) is 16.7. The smallest absolute Gasteiger partial charge is 0.181 e. The molecule has 0 amide bonds. The van der Waals surface area contributed by atoms with Gasteiger partial charge in [-0.25, -0.2) is 15.0 Å². The Labute approximate surface area is 127 Å². The molecule has 108 valence electrons. The van der Waals surface area contributed by atoms with Crippen LogP contribution in [-0.4, -0.2) is 26.5 Å². The Balaban J connectivity index is 1.81. The molecule has 0 aliphatic rings. The summed E-state index contributed by atoms with van der Waals surface area (Å²) in [7, 11) is 0. The number of aromatic amines is 1. The lowest BCUT2D eigenvalue weighted by Gasteiger charge is -2.09. The summed E-state index contributed by atoms with van der Waals surface area (Å²) in [5.74, 6) is 1.39. The zero-order valence-electron chi connectivity index (χ0n) is 11.9. The van der Waals surface area contributed by atoms with Crippen molar-refractivity contribution < 1.29 is 4.74 Å². The zero-order valence-corrected chi connectivity index (χ0v) is 12.7. The Morgan fingerprint density at radius 1 is 1.24 bits per heavy atom. The van der Waals surface area contributed by atoms with Crippen LogP contribution in [-0.2, 0) is 0 Å². The second-order valence-corrected chi connectivity index (χ2v) is 6.12. The van der Waals surface area contributed by atoms with E-state index in [4.69, 9.17) is 4.74 Å². The molecular weight excluding hydrogens is 284 g/mol. The Bertz CT molecular complexity index is 741. The van der Waals surface area contributed by atoms with E-state index in [1.54, 1.807) is 18.1 Å². The van der Waals surface area contributed by atoms with Crippen molar-refractivity contribution >= 4 is 22.9 Å². The van der Waals surface area contributed by atoms with Gasteiger partial charge in [0.1, 0.15) is 22.6 Å². The first-order valence-electron chi connectivity index (χ1n) is 6.77. The first kappa shape index (κ1) is 13.9. The fourth-order valence-electron chi connectivity index (χ4n) is 1.82. The van der Waals surface area contributed by atoms with Crippen LogP contribution in [0.4, 0.5) is 0 Å². The van der Waals surface area contributed by atoms with Gasteiger partial charge < -0.3 is 9.72 Å². The highest BCUT2D eigenvalue weighted by Gasteiger charge is 2.08. The second-order valence-electron chi connectivity index (χ2n) is 5.06. The minimum absolute atomic E-state index is 0.507. The number of ether oxygens (including phenoxy) is 1. The lowest BCUT2D eigenvalue weighted by Crippen LogP contribution is -2.04. The fourth-order valence-corrected chi connectivity index (χ4v) is 2.72. The van der Waals surface area contributed by atoms with Crippen LogP contribution in [0, 0.1) is 5.92 Å². The maximum absolute atomic E-state index is 5.75. The largest absolute Gasteiger partial charge is 0.493 e. The standard InChI is InChI=1S/C15H16N4OS/c1-10(2)7-20-11-4-3-5-12(6-11)21-15-13-14(17-8-16-13)18-9-19-15/h3-6,8-10H,7H2,1-2H3,(H,16,17,18,19). The van der Waals surface area contributed by atoms with Gasteiger partial charge in [-0.05, 0) is 24.1 Å². The van der Waals surface area contributed by atoms with Gasteiger partial charge in [0.25, 0.3) is 0 Å². The van der Waals surface area contributed by atoms with Crippen molar-refractivity contribution in [2.75, 3.05) is 6.61 Å². The molecule has 0 radical (unpaired) electrons. The molecule has 0 aliphatic carbocycles. The summed E-state index contributed by atoms with van der Waals surface area (Å²) in [5, 5.41) is 0.860. The fraction of sp³-hybridized carbons (Fsp3) is 0.267. The van der Waals surface area contributed by atoms with Crippen molar-refractivity contribution in [3.05, 3.63) is 36.9 Å². The summed E-state index contributed by atoms with van der Waals surface area (Å²) in [6, 6.07) is 8.02. The normalized spacial score (nSPS) is 11.2. The van der Waals surface area contributed by atoms with Crippen molar-refractivity contribution in [3.8, 4) is 5.75 Å². The van der Waals surface area contributed by atoms with Gasteiger partial charge in [-0.1, -0.05) is 31.7 Å². The minimum Gasteiger partial charge on any atom is -0.493 e. The predicted molar refractivity (Wildman–Crippen MR) is 82.6 cm³/mol. The van der Waals surface area contributed by atoms with Crippen molar-refractivity contribution in [1.29, 1.82) is 0 Å². The van der Waals surface area contributed by atoms with Crippen LogP contribution in [0.25, 0.3) is 11.2 Å². The quantitative estimate of drug-likeness (QED) is 0.730. The maximum Gasteiger partial charge on any atom is 0.181 e. The molecule has 0 bridgehead atoms. The Hall–Kier alpha value is -2.08. The van der Waals surface area contributed by atoms with Crippen LogP contribution in [0.5, 0.6) is 5.75 Å². The number of nitrogens with one attached hydrogen (secondary N) is 1. The predicted octanol–water partition coefficient (Wildman–Crippen LogP) is 3.54. The number of rotatable bonds is 5. The van der Waals surface area contributed by atoms with Gasteiger partial charge in [0.15, 0.2) is 5.65 Å². The van der Waals surface area contributed by atoms with Crippen LogP contribution < -0.4 is 4.74 Å². The number of fused-ring (bicyclic) bond motifs is 1. The highest BCUT2D eigenvalue weighted by Crippen LogP contribution is 2.31. The van der Waals surface area contributed by atoms with E-state index in [0.29, 0.717) is 18.2 Å². The van der Waals surface area contributed by atoms with Gasteiger partial charge in [-0.2, -0.15) is 0 Å². The molecule has 0 aliphatic heterocycles. The monoisotopic (exact) mass is 300 g/mol. The lowest BCUT2D eigenvalue weighted by atomic mass is 10.2.